The Kier molecular flexibility index (Phi) is 6.60. The molecule has 7 nitrogen and oxygen atoms in total. The largest absolute Gasteiger partial charge is 0.465 e. The van der Waals surface area contributed by atoms with Crippen LogP contribution in [0.15, 0.2) is 5.16 Å². The van der Waals surface area contributed by atoms with Crippen molar-refractivity contribution in [2.75, 3.05) is 18.2 Å². The van der Waals surface area contributed by atoms with Crippen molar-refractivity contribution in [2.24, 2.45) is 0 Å². The first kappa shape index (κ1) is 19.5. The number of carbonyl (C=O) groups excluding carboxylic acids is 2. The summed E-state index contributed by atoms with van der Waals surface area (Å²) in [5, 5.41) is 12.3. The highest BCUT2D eigenvalue weighted by atomic mass is 32.2. The maximum absolute atomic E-state index is 12.3. The second-order valence-corrected chi connectivity index (χ2v) is 7.48. The monoisotopic (exact) mass is 382 g/mol. The Balaban J connectivity index is 2.08. The molecule has 1 N–H and O–H groups in total. The number of anilines is 1. The van der Waals surface area contributed by atoms with Gasteiger partial charge in [-0.25, -0.2) is 4.79 Å². The topological polar surface area (TPSA) is 86.1 Å². The number of nitrogens with one attached hydrogen (secondary N) is 1. The minimum absolute atomic E-state index is 0.193. The van der Waals surface area contributed by atoms with Crippen molar-refractivity contribution in [3.8, 4) is 0 Å². The molecule has 0 bridgehead atoms. The third-order valence-electron chi connectivity index (χ3n) is 3.79. The summed E-state index contributed by atoms with van der Waals surface area (Å²) in [6, 6.07) is 0. The molecule has 2 aromatic heterocycles. The summed E-state index contributed by atoms with van der Waals surface area (Å²) in [6.45, 7) is 8.56. The molecule has 1 amide bonds. The molecule has 2 rings (SSSR count). The number of aryl methyl sites for hydroxylation is 2. The van der Waals surface area contributed by atoms with Gasteiger partial charge in [-0.2, -0.15) is 0 Å². The average Bonchev–Trinajstić information content (AvgIpc) is 3.12. The first-order valence-electron chi connectivity index (χ1n) is 7.95. The van der Waals surface area contributed by atoms with E-state index in [-0.39, 0.29) is 11.7 Å². The van der Waals surface area contributed by atoms with Gasteiger partial charge in [0, 0.05) is 17.8 Å². The van der Waals surface area contributed by atoms with Gasteiger partial charge in [0.05, 0.1) is 18.4 Å². The molecule has 0 aliphatic heterocycles. The van der Waals surface area contributed by atoms with E-state index in [1.54, 1.807) is 0 Å². The van der Waals surface area contributed by atoms with E-state index in [2.05, 4.69) is 15.5 Å². The molecule has 0 spiro atoms. The number of ether oxygens (including phenoxy) is 1. The van der Waals surface area contributed by atoms with Gasteiger partial charge in [0.2, 0.25) is 5.91 Å². The molecular formula is C16H22N4O3S2. The number of hydrogen-bond acceptors (Lipinski definition) is 7. The lowest BCUT2D eigenvalue weighted by molar-refractivity contribution is -0.113. The SMILES string of the molecule is CCc1nnc(SCC(=O)Nc2sc(C)c(C)c2C(=O)OC)n1CC. The number of hydrogen-bond donors (Lipinski definition) is 1. The normalized spacial score (nSPS) is 10.8. The number of nitrogens with zero attached hydrogens (tertiary/aromatic N) is 3. The summed E-state index contributed by atoms with van der Waals surface area (Å²) < 4.78 is 6.81. The number of aromatic nitrogens is 3. The molecule has 0 aliphatic carbocycles. The van der Waals surface area contributed by atoms with Gasteiger partial charge in [-0.05, 0) is 26.3 Å². The molecule has 136 valence electrons. The predicted octanol–water partition coefficient (Wildman–Crippen LogP) is 3.06. The van der Waals surface area contributed by atoms with E-state index in [1.165, 1.54) is 30.2 Å². The lowest BCUT2D eigenvalue weighted by Gasteiger charge is -2.07. The third-order valence-corrected chi connectivity index (χ3v) is 5.88. The molecule has 0 unspecified atom stereocenters. The first-order valence-corrected chi connectivity index (χ1v) is 9.76. The molecule has 0 radical (unpaired) electrons. The van der Waals surface area contributed by atoms with E-state index in [4.69, 9.17) is 4.74 Å². The number of rotatable bonds is 7. The van der Waals surface area contributed by atoms with Crippen LogP contribution in [0.25, 0.3) is 0 Å². The zero-order chi connectivity index (χ0) is 18.6. The Bertz CT molecular complexity index is 783. The Labute approximate surface area is 155 Å². The molecule has 0 atom stereocenters. The third kappa shape index (κ3) is 4.21. The fourth-order valence-corrected chi connectivity index (χ4v) is 4.25. The van der Waals surface area contributed by atoms with E-state index in [9.17, 15) is 9.59 Å². The van der Waals surface area contributed by atoms with Gasteiger partial charge >= 0.3 is 5.97 Å². The molecule has 0 fully saturated rings. The van der Waals surface area contributed by atoms with Crippen LogP contribution >= 0.6 is 23.1 Å². The highest BCUT2D eigenvalue weighted by Crippen LogP contribution is 2.33. The number of carbonyl (C=O) groups is 2. The van der Waals surface area contributed by atoms with E-state index < -0.39 is 5.97 Å². The zero-order valence-corrected chi connectivity index (χ0v) is 16.6. The Morgan fingerprint density at radius 1 is 1.28 bits per heavy atom. The van der Waals surface area contributed by atoms with E-state index >= 15 is 0 Å². The molecule has 0 saturated carbocycles. The van der Waals surface area contributed by atoms with Crippen molar-refractivity contribution in [1.82, 2.24) is 14.8 Å². The number of thiophene rings is 1. The standard InChI is InChI=1S/C16H22N4O3S2/c1-6-11-18-19-16(20(11)7-2)24-8-12(21)17-14-13(15(22)23-5)9(3)10(4)25-14/h6-8H2,1-5H3,(H,17,21). The van der Waals surface area contributed by atoms with E-state index in [1.807, 2.05) is 32.3 Å². The van der Waals surface area contributed by atoms with Crippen molar-refractivity contribution in [3.63, 3.8) is 0 Å². The van der Waals surface area contributed by atoms with Crippen molar-refractivity contribution < 1.29 is 14.3 Å². The van der Waals surface area contributed by atoms with Crippen molar-refractivity contribution in [1.29, 1.82) is 0 Å². The van der Waals surface area contributed by atoms with Crippen molar-refractivity contribution in [3.05, 3.63) is 21.8 Å². The fraction of sp³-hybridized carbons (Fsp3) is 0.500. The van der Waals surface area contributed by atoms with Gasteiger partial charge < -0.3 is 14.6 Å². The Morgan fingerprint density at radius 2 is 2.00 bits per heavy atom. The fourth-order valence-electron chi connectivity index (χ4n) is 2.36. The predicted molar refractivity (Wildman–Crippen MR) is 99.6 cm³/mol. The van der Waals surface area contributed by atoms with Gasteiger partial charge in [-0.1, -0.05) is 18.7 Å². The summed E-state index contributed by atoms with van der Waals surface area (Å²) in [7, 11) is 1.33. The van der Waals surface area contributed by atoms with Crippen LogP contribution in [0.3, 0.4) is 0 Å². The summed E-state index contributed by atoms with van der Waals surface area (Å²) in [4.78, 5) is 25.2. The molecule has 2 aromatic rings. The molecule has 9 heteroatoms. The second-order valence-electron chi connectivity index (χ2n) is 5.31. The highest BCUT2D eigenvalue weighted by molar-refractivity contribution is 7.99. The molecule has 0 aromatic carbocycles. The molecule has 0 aliphatic rings. The maximum Gasteiger partial charge on any atom is 0.341 e. The number of thioether (sulfide) groups is 1. The van der Waals surface area contributed by atoms with Crippen LogP contribution in [0.5, 0.6) is 0 Å². The van der Waals surface area contributed by atoms with E-state index in [0.717, 1.165) is 34.4 Å². The zero-order valence-electron chi connectivity index (χ0n) is 15.0. The van der Waals surface area contributed by atoms with Crippen LogP contribution in [0.4, 0.5) is 5.00 Å². The van der Waals surface area contributed by atoms with Crippen LogP contribution in [-0.2, 0) is 22.5 Å². The molecule has 0 saturated heterocycles. The van der Waals surface area contributed by atoms with Gasteiger partial charge in [-0.15, -0.1) is 21.5 Å². The minimum Gasteiger partial charge on any atom is -0.465 e. The van der Waals surface area contributed by atoms with Crippen LogP contribution in [0.1, 0.15) is 40.5 Å². The average molecular weight is 383 g/mol. The molecular weight excluding hydrogens is 360 g/mol. The van der Waals surface area contributed by atoms with Crippen LogP contribution < -0.4 is 5.32 Å². The molecule has 25 heavy (non-hydrogen) atoms. The Morgan fingerprint density at radius 3 is 2.60 bits per heavy atom. The maximum atomic E-state index is 12.3. The molecule has 2 heterocycles. The van der Waals surface area contributed by atoms with Gasteiger partial charge in [-0.3, -0.25) is 4.79 Å². The van der Waals surface area contributed by atoms with Gasteiger partial charge in [0.1, 0.15) is 10.8 Å². The smallest absolute Gasteiger partial charge is 0.341 e. The van der Waals surface area contributed by atoms with Crippen molar-refractivity contribution >= 4 is 40.0 Å². The summed E-state index contributed by atoms with van der Waals surface area (Å²) in [5.74, 6) is 0.462. The van der Waals surface area contributed by atoms with Crippen LogP contribution in [0.2, 0.25) is 0 Å². The lowest BCUT2D eigenvalue weighted by Crippen LogP contribution is -2.16. The minimum atomic E-state index is -0.442. The summed E-state index contributed by atoms with van der Waals surface area (Å²) in [5.41, 5.74) is 1.26. The quantitative estimate of drug-likeness (QED) is 0.585. The highest BCUT2D eigenvalue weighted by Gasteiger charge is 2.22. The van der Waals surface area contributed by atoms with Gasteiger partial charge in [0.15, 0.2) is 5.16 Å². The number of esters is 1. The van der Waals surface area contributed by atoms with Crippen molar-refractivity contribution in [2.45, 2.75) is 45.8 Å². The summed E-state index contributed by atoms with van der Waals surface area (Å²) in [6.07, 6.45) is 0.795. The number of amides is 1. The van der Waals surface area contributed by atoms with Crippen LogP contribution in [0, 0.1) is 13.8 Å². The van der Waals surface area contributed by atoms with E-state index in [0.29, 0.717) is 10.6 Å². The first-order chi connectivity index (χ1) is 11.9. The van der Waals surface area contributed by atoms with Crippen LogP contribution in [-0.4, -0.2) is 39.5 Å². The lowest BCUT2D eigenvalue weighted by atomic mass is 10.1. The number of methoxy groups -OCH3 is 1. The van der Waals surface area contributed by atoms with Gasteiger partial charge in [0.25, 0.3) is 0 Å². The second kappa shape index (κ2) is 8.48. The summed E-state index contributed by atoms with van der Waals surface area (Å²) >= 11 is 2.71. The Hall–Kier alpha value is -1.87.